The van der Waals surface area contributed by atoms with E-state index < -0.39 is 0 Å². The predicted octanol–water partition coefficient (Wildman–Crippen LogP) is 3.52. The molecule has 0 aliphatic heterocycles. The molecule has 0 aliphatic carbocycles. The molecule has 2 aromatic carbocycles. The highest BCUT2D eigenvalue weighted by Gasteiger charge is 2.10. The molecule has 27 heavy (non-hydrogen) atoms. The molecule has 0 bridgehead atoms. The number of nitrogen functional groups attached to an aromatic ring is 1. The van der Waals surface area contributed by atoms with Gasteiger partial charge in [-0.1, -0.05) is 24.3 Å². The smallest absolute Gasteiger partial charge is 0.248 e. The summed E-state index contributed by atoms with van der Waals surface area (Å²) in [6, 6.07) is 15.2. The van der Waals surface area contributed by atoms with Crippen molar-refractivity contribution >= 4 is 11.5 Å². The summed E-state index contributed by atoms with van der Waals surface area (Å²) < 4.78 is 16.3. The fraction of sp³-hybridized carbons (Fsp3) is 0.200. The van der Waals surface area contributed by atoms with Gasteiger partial charge in [0.25, 0.3) is 0 Å². The molecule has 3 aromatic rings. The van der Waals surface area contributed by atoms with E-state index in [0.717, 1.165) is 12.0 Å². The van der Waals surface area contributed by atoms with Crippen molar-refractivity contribution in [2.45, 2.75) is 6.42 Å². The van der Waals surface area contributed by atoms with Crippen LogP contribution in [0.4, 0.5) is 11.5 Å². The molecule has 0 atom stereocenters. The maximum Gasteiger partial charge on any atom is 0.248 e. The van der Waals surface area contributed by atoms with E-state index in [1.54, 1.807) is 14.2 Å². The second-order valence-electron chi connectivity index (χ2n) is 5.72. The molecule has 0 saturated carbocycles. The van der Waals surface area contributed by atoms with E-state index in [0.29, 0.717) is 41.2 Å². The summed E-state index contributed by atoms with van der Waals surface area (Å²) in [6.45, 7) is 0.640. The lowest BCUT2D eigenvalue weighted by atomic mass is 10.1. The Morgan fingerprint density at radius 2 is 1.74 bits per heavy atom. The Hall–Kier alpha value is -3.48. The van der Waals surface area contributed by atoms with E-state index in [1.807, 2.05) is 48.5 Å². The van der Waals surface area contributed by atoms with Crippen LogP contribution in [0.3, 0.4) is 0 Å². The Labute approximate surface area is 158 Å². The number of ether oxygens (including phenoxy) is 3. The standard InChI is InChI=1S/C20H22N4O3/c1-25-16-9-8-14(12-17(16)26-2)10-11-22-19-18(21)20(24-13-23-19)27-15-6-4-3-5-7-15/h3-9,12-13H,10-11,21H2,1-2H3,(H,22,23,24). The van der Waals surface area contributed by atoms with Crippen LogP contribution in [0.5, 0.6) is 23.1 Å². The molecule has 0 fully saturated rings. The Bertz CT molecular complexity index is 888. The maximum absolute atomic E-state index is 6.15. The average molecular weight is 366 g/mol. The van der Waals surface area contributed by atoms with Crippen molar-refractivity contribution in [3.05, 3.63) is 60.4 Å². The second kappa shape index (κ2) is 8.75. The lowest BCUT2D eigenvalue weighted by molar-refractivity contribution is 0.354. The van der Waals surface area contributed by atoms with E-state index in [2.05, 4.69) is 15.3 Å². The minimum absolute atomic E-state index is 0.324. The molecule has 7 heteroatoms. The van der Waals surface area contributed by atoms with Crippen LogP contribution in [0.1, 0.15) is 5.56 Å². The number of nitrogens with one attached hydrogen (secondary N) is 1. The van der Waals surface area contributed by atoms with Crippen LogP contribution in [0.25, 0.3) is 0 Å². The van der Waals surface area contributed by atoms with Crippen LogP contribution in [0.15, 0.2) is 54.9 Å². The first-order chi connectivity index (χ1) is 13.2. The zero-order valence-electron chi connectivity index (χ0n) is 15.3. The Balaban J connectivity index is 1.64. The first kappa shape index (κ1) is 18.3. The predicted molar refractivity (Wildman–Crippen MR) is 105 cm³/mol. The van der Waals surface area contributed by atoms with Gasteiger partial charge in [-0.3, -0.25) is 0 Å². The van der Waals surface area contributed by atoms with Gasteiger partial charge in [0.05, 0.1) is 14.2 Å². The van der Waals surface area contributed by atoms with Gasteiger partial charge < -0.3 is 25.3 Å². The Kier molecular flexibility index (Phi) is 5.94. The van der Waals surface area contributed by atoms with Crippen LogP contribution in [0.2, 0.25) is 0 Å². The van der Waals surface area contributed by atoms with E-state index in [1.165, 1.54) is 6.33 Å². The summed E-state index contributed by atoms with van der Waals surface area (Å²) in [5.41, 5.74) is 7.62. The molecule has 140 valence electrons. The van der Waals surface area contributed by atoms with Gasteiger partial charge in [0.15, 0.2) is 17.3 Å². The summed E-state index contributed by atoms with van der Waals surface area (Å²) in [4.78, 5) is 8.31. The molecule has 3 rings (SSSR count). The Morgan fingerprint density at radius 1 is 0.963 bits per heavy atom. The highest BCUT2D eigenvalue weighted by Crippen LogP contribution is 2.30. The van der Waals surface area contributed by atoms with Crippen molar-refractivity contribution in [3.8, 4) is 23.1 Å². The fourth-order valence-corrected chi connectivity index (χ4v) is 2.56. The van der Waals surface area contributed by atoms with E-state index in [9.17, 15) is 0 Å². The first-order valence-corrected chi connectivity index (χ1v) is 8.49. The van der Waals surface area contributed by atoms with Gasteiger partial charge in [0, 0.05) is 6.54 Å². The number of rotatable bonds is 8. The highest BCUT2D eigenvalue weighted by molar-refractivity contribution is 5.67. The molecule has 0 amide bonds. The number of nitrogens with zero attached hydrogens (tertiary/aromatic N) is 2. The van der Waals surface area contributed by atoms with Crippen molar-refractivity contribution < 1.29 is 14.2 Å². The van der Waals surface area contributed by atoms with Crippen LogP contribution < -0.4 is 25.3 Å². The molecule has 0 aliphatic rings. The van der Waals surface area contributed by atoms with Crippen LogP contribution in [0, 0.1) is 0 Å². The zero-order valence-corrected chi connectivity index (χ0v) is 15.3. The largest absolute Gasteiger partial charge is 0.493 e. The van der Waals surface area contributed by atoms with Crippen molar-refractivity contribution in [2.24, 2.45) is 0 Å². The number of methoxy groups -OCH3 is 2. The molecule has 3 N–H and O–H groups in total. The van der Waals surface area contributed by atoms with Gasteiger partial charge in [0.1, 0.15) is 17.8 Å². The lowest BCUT2D eigenvalue weighted by Gasteiger charge is -2.12. The van der Waals surface area contributed by atoms with Gasteiger partial charge in [-0.05, 0) is 36.2 Å². The Morgan fingerprint density at radius 3 is 2.48 bits per heavy atom. The van der Waals surface area contributed by atoms with Gasteiger partial charge >= 0.3 is 0 Å². The third kappa shape index (κ3) is 4.58. The molecule has 1 aromatic heterocycles. The van der Waals surface area contributed by atoms with Gasteiger partial charge in [0.2, 0.25) is 5.88 Å². The molecule has 0 saturated heterocycles. The number of hydrogen-bond acceptors (Lipinski definition) is 7. The third-order valence-electron chi connectivity index (χ3n) is 3.96. The third-order valence-corrected chi connectivity index (χ3v) is 3.96. The monoisotopic (exact) mass is 366 g/mol. The van der Waals surface area contributed by atoms with Crippen LogP contribution in [-0.2, 0) is 6.42 Å². The van der Waals surface area contributed by atoms with E-state index in [-0.39, 0.29) is 0 Å². The summed E-state index contributed by atoms with van der Waals surface area (Å²) in [7, 11) is 3.24. The molecule has 7 nitrogen and oxygen atoms in total. The molecular weight excluding hydrogens is 344 g/mol. The number of nitrogens with two attached hydrogens (primary N) is 1. The summed E-state index contributed by atoms with van der Waals surface area (Å²) in [5, 5.41) is 3.23. The SMILES string of the molecule is COc1ccc(CCNc2ncnc(Oc3ccccc3)c2N)cc1OC. The summed E-state index contributed by atoms with van der Waals surface area (Å²) in [6.07, 6.45) is 2.19. The molecule has 0 unspecified atom stereocenters. The highest BCUT2D eigenvalue weighted by atomic mass is 16.5. The van der Waals surface area contributed by atoms with E-state index in [4.69, 9.17) is 19.9 Å². The fourth-order valence-electron chi connectivity index (χ4n) is 2.56. The zero-order chi connectivity index (χ0) is 19.1. The van der Waals surface area contributed by atoms with Gasteiger partial charge in [-0.15, -0.1) is 0 Å². The number of hydrogen-bond donors (Lipinski definition) is 2. The summed E-state index contributed by atoms with van der Waals surface area (Å²) in [5.74, 6) is 2.94. The van der Waals surface area contributed by atoms with Gasteiger partial charge in [-0.2, -0.15) is 4.98 Å². The molecular formula is C20H22N4O3. The van der Waals surface area contributed by atoms with Crippen molar-refractivity contribution in [3.63, 3.8) is 0 Å². The van der Waals surface area contributed by atoms with Gasteiger partial charge in [-0.25, -0.2) is 4.98 Å². The van der Waals surface area contributed by atoms with Crippen molar-refractivity contribution in [1.29, 1.82) is 0 Å². The topological polar surface area (TPSA) is 91.5 Å². The minimum Gasteiger partial charge on any atom is -0.493 e. The van der Waals surface area contributed by atoms with Crippen LogP contribution >= 0.6 is 0 Å². The quantitative estimate of drug-likeness (QED) is 0.630. The number of aromatic nitrogens is 2. The maximum atomic E-state index is 6.15. The molecule has 0 spiro atoms. The van der Waals surface area contributed by atoms with Crippen molar-refractivity contribution in [2.75, 3.05) is 31.8 Å². The molecule has 1 heterocycles. The van der Waals surface area contributed by atoms with E-state index >= 15 is 0 Å². The normalized spacial score (nSPS) is 10.3. The first-order valence-electron chi connectivity index (χ1n) is 8.49. The van der Waals surface area contributed by atoms with Crippen LogP contribution in [-0.4, -0.2) is 30.7 Å². The lowest BCUT2D eigenvalue weighted by Crippen LogP contribution is -2.10. The minimum atomic E-state index is 0.324. The summed E-state index contributed by atoms with van der Waals surface area (Å²) >= 11 is 0. The number of benzene rings is 2. The number of anilines is 2. The average Bonchev–Trinajstić information content (AvgIpc) is 2.71. The molecule has 0 radical (unpaired) electrons. The number of para-hydroxylation sites is 1. The second-order valence-corrected chi connectivity index (χ2v) is 5.72. The van der Waals surface area contributed by atoms with Crippen molar-refractivity contribution in [1.82, 2.24) is 9.97 Å².